The Balaban J connectivity index is 1.72. The highest BCUT2D eigenvalue weighted by Crippen LogP contribution is 2.62. The fourth-order valence-corrected chi connectivity index (χ4v) is 6.46. The largest absolute Gasteiger partial charge is 0.469 e. The van der Waals surface area contributed by atoms with Crippen molar-refractivity contribution >= 4 is 11.9 Å². The lowest BCUT2D eigenvalue weighted by atomic mass is 9.46. The molecule has 0 amide bonds. The predicted molar refractivity (Wildman–Crippen MR) is 118 cm³/mol. The monoisotopic (exact) mass is 452 g/mol. The van der Waals surface area contributed by atoms with Gasteiger partial charge >= 0.3 is 11.9 Å². The molecule has 1 N–H and O–H groups in total. The third kappa shape index (κ3) is 5.05. The zero-order valence-corrected chi connectivity index (χ0v) is 20.2. The molecule has 0 aromatic rings. The Morgan fingerprint density at radius 3 is 2.66 bits per heavy atom. The first-order valence-corrected chi connectivity index (χ1v) is 11.9. The minimum Gasteiger partial charge on any atom is -0.469 e. The number of methoxy groups -OCH3 is 2. The Labute approximate surface area is 191 Å². The van der Waals surface area contributed by atoms with Crippen molar-refractivity contribution < 1.29 is 33.6 Å². The highest BCUT2D eigenvalue weighted by atomic mass is 16.7. The number of carbonyl (C=O) groups is 2. The number of allylic oxidation sites excluding steroid dienone is 1. The van der Waals surface area contributed by atoms with Gasteiger partial charge in [0.25, 0.3) is 0 Å². The molecule has 2 fully saturated rings. The number of rotatable bonds is 8. The predicted octanol–water partition coefficient (Wildman–Crippen LogP) is 3.63. The van der Waals surface area contributed by atoms with Crippen LogP contribution in [-0.4, -0.2) is 56.9 Å². The van der Waals surface area contributed by atoms with Crippen LogP contribution in [0, 0.1) is 28.6 Å². The molecule has 1 aliphatic heterocycles. The maximum atomic E-state index is 12.0. The second-order valence-electron chi connectivity index (χ2n) is 10.4. The quantitative estimate of drug-likeness (QED) is 0.342. The van der Waals surface area contributed by atoms with Gasteiger partial charge in [-0.25, -0.2) is 0 Å². The molecule has 0 bridgehead atoms. The average molecular weight is 453 g/mol. The lowest BCUT2D eigenvalue weighted by Crippen LogP contribution is -2.55. The fourth-order valence-electron chi connectivity index (χ4n) is 6.46. The van der Waals surface area contributed by atoms with Crippen LogP contribution >= 0.6 is 0 Å². The van der Waals surface area contributed by atoms with Crippen LogP contribution in [0.15, 0.2) is 11.6 Å². The van der Waals surface area contributed by atoms with E-state index in [-0.39, 0.29) is 36.1 Å². The van der Waals surface area contributed by atoms with Gasteiger partial charge in [-0.3, -0.25) is 9.59 Å². The second kappa shape index (κ2) is 10.2. The van der Waals surface area contributed by atoms with Crippen molar-refractivity contribution in [3.05, 3.63) is 11.6 Å². The molecule has 1 saturated heterocycles. The molecule has 7 nitrogen and oxygen atoms in total. The maximum absolute atomic E-state index is 12.0. The standard InChI is InChI=1S/C25H40O7/c1-16-19(26)13-25(3)18(15-31-22(28)12-21(27)29-4)7-6-8-20(25)24(16,2)10-9-17-11-23(30-5)32-14-17/h7,16-17,19-20,23,26H,6,8-15H2,1-5H3/t16-,17+,19-,20-,23-,24+,25+/m1/s1. The van der Waals surface area contributed by atoms with Gasteiger partial charge in [0.15, 0.2) is 6.29 Å². The van der Waals surface area contributed by atoms with Gasteiger partial charge in [-0.15, -0.1) is 0 Å². The van der Waals surface area contributed by atoms with Crippen LogP contribution < -0.4 is 0 Å². The van der Waals surface area contributed by atoms with Crippen molar-refractivity contribution in [3.63, 3.8) is 0 Å². The minimum absolute atomic E-state index is 0.0346. The Hall–Kier alpha value is -1.44. The van der Waals surface area contributed by atoms with Gasteiger partial charge in [-0.1, -0.05) is 26.8 Å². The summed E-state index contributed by atoms with van der Waals surface area (Å²) in [6.45, 7) is 7.62. The van der Waals surface area contributed by atoms with Crippen LogP contribution in [0.2, 0.25) is 0 Å². The summed E-state index contributed by atoms with van der Waals surface area (Å²) in [5, 5.41) is 11.1. The van der Waals surface area contributed by atoms with Gasteiger partial charge in [0, 0.05) is 13.5 Å². The summed E-state index contributed by atoms with van der Waals surface area (Å²) >= 11 is 0. The summed E-state index contributed by atoms with van der Waals surface area (Å²) in [7, 11) is 2.94. The molecule has 182 valence electrons. The second-order valence-corrected chi connectivity index (χ2v) is 10.4. The van der Waals surface area contributed by atoms with Gasteiger partial charge in [-0.2, -0.15) is 0 Å². The van der Waals surface area contributed by atoms with Gasteiger partial charge in [0.05, 0.1) is 19.8 Å². The number of ether oxygens (including phenoxy) is 4. The van der Waals surface area contributed by atoms with Crippen LogP contribution in [0.5, 0.6) is 0 Å². The Bertz CT molecular complexity index is 719. The van der Waals surface area contributed by atoms with Crippen LogP contribution in [0.3, 0.4) is 0 Å². The lowest BCUT2D eigenvalue weighted by Gasteiger charge is -2.60. The van der Waals surface area contributed by atoms with E-state index >= 15 is 0 Å². The van der Waals surface area contributed by atoms with E-state index in [9.17, 15) is 14.7 Å². The molecule has 3 rings (SSSR count). The van der Waals surface area contributed by atoms with Gasteiger partial charge in [0.1, 0.15) is 13.0 Å². The number of esters is 2. The molecule has 3 aliphatic rings. The minimum atomic E-state index is -0.599. The van der Waals surface area contributed by atoms with E-state index in [4.69, 9.17) is 14.2 Å². The number of carbonyl (C=O) groups excluding carboxylic acids is 2. The van der Waals surface area contributed by atoms with E-state index in [0.29, 0.717) is 18.3 Å². The normalized spacial score (nSPS) is 39.2. The van der Waals surface area contributed by atoms with Crippen molar-refractivity contribution in [2.24, 2.45) is 28.6 Å². The van der Waals surface area contributed by atoms with Crippen molar-refractivity contribution in [2.75, 3.05) is 27.4 Å². The van der Waals surface area contributed by atoms with Crippen molar-refractivity contribution in [3.8, 4) is 0 Å². The molecule has 7 heteroatoms. The van der Waals surface area contributed by atoms with E-state index in [0.717, 1.165) is 44.3 Å². The van der Waals surface area contributed by atoms with Crippen molar-refractivity contribution in [1.29, 1.82) is 0 Å². The van der Waals surface area contributed by atoms with Crippen LogP contribution in [0.25, 0.3) is 0 Å². The Morgan fingerprint density at radius 2 is 2.00 bits per heavy atom. The summed E-state index contributed by atoms with van der Waals surface area (Å²) in [5.74, 6) is -0.134. The molecule has 0 aromatic heterocycles. The molecule has 1 heterocycles. The van der Waals surface area contributed by atoms with E-state index in [1.807, 2.05) is 0 Å². The number of hydrogen-bond acceptors (Lipinski definition) is 7. The fraction of sp³-hybridized carbons (Fsp3) is 0.840. The lowest BCUT2D eigenvalue weighted by molar-refractivity contribution is -0.153. The first-order valence-electron chi connectivity index (χ1n) is 11.9. The number of fused-ring (bicyclic) bond motifs is 1. The van der Waals surface area contributed by atoms with Crippen LogP contribution in [-0.2, 0) is 28.5 Å². The van der Waals surface area contributed by atoms with Gasteiger partial charge in [-0.05, 0) is 66.3 Å². The van der Waals surface area contributed by atoms with E-state index in [1.165, 1.54) is 7.11 Å². The van der Waals surface area contributed by atoms with Crippen molar-refractivity contribution in [2.45, 2.75) is 78.1 Å². The topological polar surface area (TPSA) is 91.3 Å². The Kier molecular flexibility index (Phi) is 8.05. The van der Waals surface area contributed by atoms with Gasteiger partial charge in [0.2, 0.25) is 0 Å². The number of hydrogen-bond donors (Lipinski definition) is 1. The molecule has 0 aromatic carbocycles. The molecule has 0 radical (unpaired) electrons. The summed E-state index contributed by atoms with van der Waals surface area (Å²) in [5.41, 5.74) is 0.784. The van der Waals surface area contributed by atoms with Crippen LogP contribution in [0.1, 0.15) is 65.7 Å². The highest BCUT2D eigenvalue weighted by Gasteiger charge is 2.57. The highest BCUT2D eigenvalue weighted by molar-refractivity contribution is 5.91. The molecule has 0 unspecified atom stereocenters. The zero-order valence-electron chi connectivity index (χ0n) is 20.2. The third-order valence-corrected chi connectivity index (χ3v) is 8.70. The molecule has 1 saturated carbocycles. The smallest absolute Gasteiger partial charge is 0.317 e. The first kappa shape index (κ1) is 25.2. The summed E-state index contributed by atoms with van der Waals surface area (Å²) in [4.78, 5) is 23.4. The van der Waals surface area contributed by atoms with E-state index in [2.05, 4.69) is 31.6 Å². The number of aliphatic hydroxyl groups is 1. The summed E-state index contributed by atoms with van der Waals surface area (Å²) in [6.07, 6.45) is 6.91. The summed E-state index contributed by atoms with van der Waals surface area (Å²) < 4.78 is 21.1. The SMILES string of the molecule is COC(=O)CC(=O)OCC1=CCC[C@@H]2[C@@](C)(CC[C@@H]3CO[C@@H](OC)C3)[C@H](C)[C@H](O)C[C@@]12C. The molecule has 32 heavy (non-hydrogen) atoms. The Morgan fingerprint density at radius 1 is 1.25 bits per heavy atom. The van der Waals surface area contributed by atoms with Crippen molar-refractivity contribution in [1.82, 2.24) is 0 Å². The summed E-state index contributed by atoms with van der Waals surface area (Å²) in [6, 6.07) is 0. The average Bonchev–Trinajstić information content (AvgIpc) is 3.23. The molecular weight excluding hydrogens is 412 g/mol. The molecule has 0 spiro atoms. The maximum Gasteiger partial charge on any atom is 0.317 e. The first-order chi connectivity index (χ1) is 15.1. The molecule has 7 atom stereocenters. The molecule has 2 aliphatic carbocycles. The van der Waals surface area contributed by atoms with Gasteiger partial charge < -0.3 is 24.1 Å². The van der Waals surface area contributed by atoms with E-state index in [1.54, 1.807) is 7.11 Å². The third-order valence-electron chi connectivity index (χ3n) is 8.70. The number of aliphatic hydroxyl groups excluding tert-OH is 1. The zero-order chi connectivity index (χ0) is 23.5. The van der Waals surface area contributed by atoms with Crippen LogP contribution in [0.4, 0.5) is 0 Å². The molecular formula is C25H40O7. The van der Waals surface area contributed by atoms with E-state index < -0.39 is 18.0 Å².